The smallest absolute Gasteiger partial charge is 0.221 e. The first kappa shape index (κ1) is 8.56. The number of nitrogens with zero attached hydrogens (tertiary/aromatic N) is 2. The lowest BCUT2D eigenvalue weighted by atomic mass is 9.92. The van der Waals surface area contributed by atoms with Crippen LogP contribution < -0.4 is 11.1 Å². The molecular weight excluding hydrogens is 188 g/mol. The van der Waals surface area contributed by atoms with Crippen LogP contribution in [-0.4, -0.2) is 15.0 Å². The van der Waals surface area contributed by atoms with E-state index >= 15 is 0 Å². The van der Waals surface area contributed by atoms with Crippen molar-refractivity contribution in [2.24, 2.45) is 0 Å². The van der Waals surface area contributed by atoms with Gasteiger partial charge in [-0.25, -0.2) is 4.98 Å². The minimum absolute atomic E-state index is 0.268. The molecule has 0 bridgehead atoms. The van der Waals surface area contributed by atoms with Crippen LogP contribution in [0.4, 0.5) is 11.8 Å². The molecule has 0 spiro atoms. The van der Waals surface area contributed by atoms with E-state index in [1.807, 2.05) is 0 Å². The summed E-state index contributed by atoms with van der Waals surface area (Å²) in [4.78, 5) is 7.50. The molecule has 1 aromatic rings. The Morgan fingerprint density at radius 3 is 2.85 bits per heavy atom. The summed E-state index contributed by atoms with van der Waals surface area (Å²) in [6, 6.07) is 1.76. The zero-order valence-corrected chi connectivity index (χ0v) is 7.88. The molecule has 1 saturated carbocycles. The molecule has 0 aromatic carbocycles. The molecular formula is C8H11ClN4. The van der Waals surface area contributed by atoms with Crippen LogP contribution in [-0.2, 0) is 0 Å². The number of nitrogens with one attached hydrogen (secondary N) is 1. The van der Waals surface area contributed by atoms with Gasteiger partial charge in [-0.05, 0) is 25.3 Å². The zero-order chi connectivity index (χ0) is 9.31. The van der Waals surface area contributed by atoms with E-state index in [9.17, 15) is 0 Å². The molecule has 5 heteroatoms. The maximum atomic E-state index is 6.18. The highest BCUT2D eigenvalue weighted by Crippen LogP contribution is 2.38. The van der Waals surface area contributed by atoms with Crippen molar-refractivity contribution < 1.29 is 0 Å². The lowest BCUT2D eigenvalue weighted by molar-refractivity contribution is 0.393. The number of aromatic nitrogens is 2. The van der Waals surface area contributed by atoms with Gasteiger partial charge in [0.15, 0.2) is 0 Å². The highest BCUT2D eigenvalue weighted by molar-refractivity contribution is 6.25. The number of anilines is 2. The monoisotopic (exact) mass is 198 g/mol. The van der Waals surface area contributed by atoms with Crippen molar-refractivity contribution >= 4 is 23.4 Å². The third-order valence-electron chi connectivity index (χ3n) is 2.17. The summed E-state index contributed by atoms with van der Waals surface area (Å²) < 4.78 is 0. The number of halogens is 1. The topological polar surface area (TPSA) is 63.8 Å². The van der Waals surface area contributed by atoms with Crippen molar-refractivity contribution in [3.8, 4) is 0 Å². The van der Waals surface area contributed by atoms with Crippen molar-refractivity contribution in [3.63, 3.8) is 0 Å². The molecule has 0 atom stereocenters. The Hall–Kier alpha value is -1.03. The maximum Gasteiger partial charge on any atom is 0.221 e. The van der Waals surface area contributed by atoms with Crippen LogP contribution in [0.1, 0.15) is 19.3 Å². The molecule has 0 amide bonds. The maximum absolute atomic E-state index is 6.18. The van der Waals surface area contributed by atoms with Crippen LogP contribution in [0, 0.1) is 0 Å². The van der Waals surface area contributed by atoms with Gasteiger partial charge in [0.25, 0.3) is 0 Å². The third-order valence-corrected chi connectivity index (χ3v) is 2.64. The molecule has 2 rings (SSSR count). The Kier molecular flexibility index (Phi) is 2.00. The molecule has 0 unspecified atom stereocenters. The number of hydrogen-bond donors (Lipinski definition) is 2. The van der Waals surface area contributed by atoms with E-state index in [1.165, 1.54) is 0 Å². The van der Waals surface area contributed by atoms with Crippen LogP contribution in [0.15, 0.2) is 12.3 Å². The van der Waals surface area contributed by atoms with Gasteiger partial charge in [0.05, 0.1) is 0 Å². The molecule has 4 nitrogen and oxygen atoms in total. The van der Waals surface area contributed by atoms with E-state index in [0.717, 1.165) is 19.3 Å². The van der Waals surface area contributed by atoms with Gasteiger partial charge in [0, 0.05) is 6.20 Å². The molecule has 0 radical (unpaired) electrons. The zero-order valence-electron chi connectivity index (χ0n) is 7.13. The molecule has 3 N–H and O–H groups in total. The molecule has 1 aliphatic rings. The summed E-state index contributed by atoms with van der Waals surface area (Å²) >= 11 is 6.18. The largest absolute Gasteiger partial charge is 0.368 e. The number of rotatable bonds is 2. The van der Waals surface area contributed by atoms with Crippen LogP contribution in [0.5, 0.6) is 0 Å². The SMILES string of the molecule is Nc1nccc(NC2(Cl)CCC2)n1. The van der Waals surface area contributed by atoms with Crippen LogP contribution in [0.3, 0.4) is 0 Å². The van der Waals surface area contributed by atoms with Crippen LogP contribution >= 0.6 is 11.6 Å². The third kappa shape index (κ3) is 1.83. The van der Waals surface area contributed by atoms with Crippen molar-refractivity contribution in [1.29, 1.82) is 0 Å². The average Bonchev–Trinajstić information content (AvgIpc) is 2.01. The van der Waals surface area contributed by atoms with E-state index in [-0.39, 0.29) is 10.9 Å². The van der Waals surface area contributed by atoms with Crippen molar-refractivity contribution in [3.05, 3.63) is 12.3 Å². The highest BCUT2D eigenvalue weighted by Gasteiger charge is 2.34. The molecule has 1 aliphatic carbocycles. The summed E-state index contributed by atoms with van der Waals surface area (Å²) in [5.41, 5.74) is 5.43. The summed E-state index contributed by atoms with van der Waals surface area (Å²) in [6.45, 7) is 0. The average molecular weight is 199 g/mol. The highest BCUT2D eigenvalue weighted by atomic mass is 35.5. The molecule has 13 heavy (non-hydrogen) atoms. The van der Waals surface area contributed by atoms with Gasteiger partial charge < -0.3 is 11.1 Å². The number of alkyl halides is 1. The van der Waals surface area contributed by atoms with Gasteiger partial charge >= 0.3 is 0 Å². The first-order valence-corrected chi connectivity index (χ1v) is 4.61. The van der Waals surface area contributed by atoms with Gasteiger partial charge in [0.1, 0.15) is 10.8 Å². The Balaban J connectivity index is 2.09. The van der Waals surface area contributed by atoms with Crippen LogP contribution in [0.25, 0.3) is 0 Å². The quantitative estimate of drug-likeness (QED) is 0.560. The predicted octanol–water partition coefficient (Wildman–Crippen LogP) is 1.59. The Labute approximate surface area is 81.5 Å². The molecule has 0 saturated heterocycles. The number of nitrogen functional groups attached to an aromatic ring is 1. The minimum atomic E-state index is -0.305. The van der Waals surface area contributed by atoms with E-state index in [2.05, 4.69) is 15.3 Å². The van der Waals surface area contributed by atoms with E-state index < -0.39 is 0 Å². The van der Waals surface area contributed by atoms with Crippen LogP contribution in [0.2, 0.25) is 0 Å². The van der Waals surface area contributed by atoms with Crippen molar-refractivity contribution in [1.82, 2.24) is 9.97 Å². The van der Waals surface area contributed by atoms with Gasteiger partial charge in [-0.15, -0.1) is 0 Å². The fourth-order valence-corrected chi connectivity index (χ4v) is 1.65. The second-order valence-corrected chi connectivity index (χ2v) is 3.97. The number of hydrogen-bond acceptors (Lipinski definition) is 4. The van der Waals surface area contributed by atoms with Crippen molar-refractivity contribution in [2.45, 2.75) is 24.3 Å². The first-order valence-electron chi connectivity index (χ1n) is 4.24. The second-order valence-electron chi connectivity index (χ2n) is 3.24. The fourth-order valence-electron chi connectivity index (χ4n) is 1.29. The summed E-state index contributed by atoms with van der Waals surface area (Å²) in [6.07, 6.45) is 4.72. The van der Waals surface area contributed by atoms with Crippen molar-refractivity contribution in [2.75, 3.05) is 11.1 Å². The molecule has 1 fully saturated rings. The van der Waals surface area contributed by atoms with E-state index in [1.54, 1.807) is 12.3 Å². The first-order chi connectivity index (χ1) is 6.18. The standard InChI is InChI=1S/C8H11ClN4/c9-8(3-1-4-8)13-6-2-5-11-7(10)12-6/h2,5H,1,3-4H2,(H3,10,11,12,13). The summed E-state index contributed by atoms with van der Waals surface area (Å²) in [5, 5.41) is 3.13. The van der Waals surface area contributed by atoms with Gasteiger partial charge in [0.2, 0.25) is 5.95 Å². The van der Waals surface area contributed by atoms with E-state index in [0.29, 0.717) is 5.82 Å². The Bertz CT molecular complexity index is 311. The molecule has 70 valence electrons. The minimum Gasteiger partial charge on any atom is -0.368 e. The van der Waals surface area contributed by atoms with Gasteiger partial charge in [-0.1, -0.05) is 11.6 Å². The Morgan fingerprint density at radius 1 is 1.54 bits per heavy atom. The molecule has 1 heterocycles. The lowest BCUT2D eigenvalue weighted by Crippen LogP contribution is -2.39. The predicted molar refractivity (Wildman–Crippen MR) is 52.5 cm³/mol. The molecule has 1 aromatic heterocycles. The van der Waals surface area contributed by atoms with Gasteiger partial charge in [-0.2, -0.15) is 4.98 Å². The Morgan fingerprint density at radius 2 is 2.31 bits per heavy atom. The number of nitrogens with two attached hydrogens (primary N) is 1. The van der Waals surface area contributed by atoms with E-state index in [4.69, 9.17) is 17.3 Å². The lowest BCUT2D eigenvalue weighted by Gasteiger charge is -2.36. The summed E-state index contributed by atoms with van der Waals surface area (Å²) in [5.74, 6) is 0.965. The second kappa shape index (κ2) is 3.03. The normalized spacial score (nSPS) is 19.2. The fraction of sp³-hybridized carbons (Fsp3) is 0.500. The van der Waals surface area contributed by atoms with Gasteiger partial charge in [-0.3, -0.25) is 0 Å². The summed E-state index contributed by atoms with van der Waals surface area (Å²) in [7, 11) is 0. The molecule has 0 aliphatic heterocycles.